The van der Waals surface area contributed by atoms with Crippen LogP contribution < -0.4 is 4.74 Å². The molecule has 0 radical (unpaired) electrons. The molecule has 1 aliphatic carbocycles. The highest BCUT2D eigenvalue weighted by Gasteiger charge is 2.31. The van der Waals surface area contributed by atoms with Gasteiger partial charge in [-0.05, 0) is 43.5 Å². The molecule has 17 heavy (non-hydrogen) atoms. The number of hydrogen-bond acceptors (Lipinski definition) is 2. The van der Waals surface area contributed by atoms with Gasteiger partial charge in [0, 0.05) is 0 Å². The molecule has 0 aliphatic heterocycles. The molecule has 5 heteroatoms. The maximum atomic E-state index is 12.3. The van der Waals surface area contributed by atoms with Gasteiger partial charge in [-0.25, -0.2) is 0 Å². The fraction of sp³-hybridized carbons (Fsp3) is 0.500. The van der Waals surface area contributed by atoms with Crippen molar-refractivity contribution in [1.29, 1.82) is 0 Å². The van der Waals surface area contributed by atoms with Gasteiger partial charge in [0.2, 0.25) is 0 Å². The van der Waals surface area contributed by atoms with E-state index in [1.807, 2.05) is 0 Å². The van der Waals surface area contributed by atoms with E-state index in [1.165, 1.54) is 12.1 Å². The van der Waals surface area contributed by atoms with Crippen LogP contribution in [0.1, 0.15) is 24.8 Å². The molecule has 2 unspecified atom stereocenters. The topological polar surface area (TPSA) is 29.5 Å². The van der Waals surface area contributed by atoms with Crippen molar-refractivity contribution in [3.8, 4) is 5.75 Å². The number of halogens is 3. The Labute approximate surface area is 97.0 Å². The SMILES string of the molecule is OC1CCCC1Oc1ccc(C(F)(F)F)cc1. The van der Waals surface area contributed by atoms with E-state index in [0.717, 1.165) is 25.0 Å². The zero-order chi connectivity index (χ0) is 12.5. The van der Waals surface area contributed by atoms with Gasteiger partial charge in [0.15, 0.2) is 0 Å². The smallest absolute Gasteiger partial charge is 0.416 e. The highest BCUT2D eigenvalue weighted by atomic mass is 19.4. The normalized spacial score (nSPS) is 24.9. The maximum absolute atomic E-state index is 12.3. The molecule has 0 aromatic heterocycles. The van der Waals surface area contributed by atoms with Crippen LogP contribution in [0.25, 0.3) is 0 Å². The van der Waals surface area contributed by atoms with Crippen LogP contribution in [0, 0.1) is 0 Å². The molecule has 0 saturated heterocycles. The predicted molar refractivity (Wildman–Crippen MR) is 55.7 cm³/mol. The third-order valence-corrected chi connectivity index (χ3v) is 2.89. The Morgan fingerprint density at radius 1 is 1.12 bits per heavy atom. The Kier molecular flexibility index (Phi) is 3.28. The van der Waals surface area contributed by atoms with Gasteiger partial charge in [0.25, 0.3) is 0 Å². The summed E-state index contributed by atoms with van der Waals surface area (Å²) in [7, 11) is 0. The van der Waals surface area contributed by atoms with Crippen molar-refractivity contribution >= 4 is 0 Å². The maximum Gasteiger partial charge on any atom is 0.416 e. The van der Waals surface area contributed by atoms with Gasteiger partial charge < -0.3 is 9.84 Å². The van der Waals surface area contributed by atoms with Crippen LogP contribution in [0.15, 0.2) is 24.3 Å². The number of aliphatic hydroxyl groups is 1. The molecule has 0 heterocycles. The summed E-state index contributed by atoms with van der Waals surface area (Å²) < 4.78 is 42.4. The van der Waals surface area contributed by atoms with Gasteiger partial charge in [-0.3, -0.25) is 0 Å². The van der Waals surface area contributed by atoms with Gasteiger partial charge in [-0.2, -0.15) is 13.2 Å². The largest absolute Gasteiger partial charge is 0.488 e. The molecule has 1 fully saturated rings. The van der Waals surface area contributed by atoms with E-state index >= 15 is 0 Å². The van der Waals surface area contributed by atoms with E-state index < -0.39 is 17.8 Å². The summed E-state index contributed by atoms with van der Waals surface area (Å²) in [5, 5.41) is 9.53. The standard InChI is InChI=1S/C12H13F3O2/c13-12(14,15)8-4-6-9(7-5-8)17-11-3-1-2-10(11)16/h4-7,10-11,16H,1-3H2. The number of aliphatic hydroxyl groups excluding tert-OH is 1. The molecule has 94 valence electrons. The van der Waals surface area contributed by atoms with E-state index in [0.29, 0.717) is 12.2 Å². The highest BCUT2D eigenvalue weighted by Crippen LogP contribution is 2.31. The fourth-order valence-corrected chi connectivity index (χ4v) is 1.94. The summed E-state index contributed by atoms with van der Waals surface area (Å²) in [6.07, 6.45) is -2.84. The molecule has 1 aliphatic rings. The molecule has 2 rings (SSSR count). The molecule has 2 nitrogen and oxygen atoms in total. The number of rotatable bonds is 2. The van der Waals surface area contributed by atoms with E-state index in [9.17, 15) is 18.3 Å². The monoisotopic (exact) mass is 246 g/mol. The van der Waals surface area contributed by atoms with Crippen LogP contribution in [0.3, 0.4) is 0 Å². The Balaban J connectivity index is 2.03. The van der Waals surface area contributed by atoms with Gasteiger partial charge in [-0.1, -0.05) is 0 Å². The third kappa shape index (κ3) is 2.91. The van der Waals surface area contributed by atoms with E-state index in [4.69, 9.17) is 4.74 Å². The Morgan fingerprint density at radius 2 is 1.76 bits per heavy atom. The van der Waals surface area contributed by atoms with Crippen molar-refractivity contribution in [2.24, 2.45) is 0 Å². The summed E-state index contributed by atoms with van der Waals surface area (Å²) in [6.45, 7) is 0. The minimum atomic E-state index is -4.33. The van der Waals surface area contributed by atoms with Crippen LogP contribution in [-0.4, -0.2) is 17.3 Å². The van der Waals surface area contributed by atoms with E-state index in [1.54, 1.807) is 0 Å². The number of ether oxygens (including phenoxy) is 1. The molecule has 0 bridgehead atoms. The minimum Gasteiger partial charge on any atom is -0.488 e. The van der Waals surface area contributed by atoms with Crippen molar-refractivity contribution in [1.82, 2.24) is 0 Å². The molecule has 1 aromatic rings. The fourth-order valence-electron chi connectivity index (χ4n) is 1.94. The summed E-state index contributed by atoms with van der Waals surface area (Å²) in [5.41, 5.74) is -0.697. The number of hydrogen-bond donors (Lipinski definition) is 1. The lowest BCUT2D eigenvalue weighted by Gasteiger charge is -2.17. The van der Waals surface area contributed by atoms with Crippen LogP contribution in [0.4, 0.5) is 13.2 Å². The molecule has 1 aromatic carbocycles. The second-order valence-electron chi connectivity index (χ2n) is 4.18. The first-order chi connectivity index (χ1) is 7.97. The first-order valence-corrected chi connectivity index (χ1v) is 5.49. The Hall–Kier alpha value is -1.23. The molecule has 1 saturated carbocycles. The second kappa shape index (κ2) is 4.56. The molecular formula is C12H13F3O2. The van der Waals surface area contributed by atoms with Crippen molar-refractivity contribution in [3.63, 3.8) is 0 Å². The van der Waals surface area contributed by atoms with Crippen molar-refractivity contribution in [2.75, 3.05) is 0 Å². The highest BCUT2D eigenvalue weighted by molar-refractivity contribution is 5.29. The van der Waals surface area contributed by atoms with E-state index in [2.05, 4.69) is 0 Å². The first kappa shape index (κ1) is 12.2. The first-order valence-electron chi connectivity index (χ1n) is 5.49. The van der Waals surface area contributed by atoms with E-state index in [-0.39, 0.29) is 6.10 Å². The summed E-state index contributed by atoms with van der Waals surface area (Å²) in [6, 6.07) is 4.54. The molecule has 0 spiro atoms. The lowest BCUT2D eigenvalue weighted by molar-refractivity contribution is -0.137. The van der Waals surface area contributed by atoms with Crippen LogP contribution in [0.2, 0.25) is 0 Å². The van der Waals surface area contributed by atoms with Crippen molar-refractivity contribution < 1.29 is 23.0 Å². The van der Waals surface area contributed by atoms with Crippen LogP contribution >= 0.6 is 0 Å². The van der Waals surface area contributed by atoms with Gasteiger partial charge in [0.1, 0.15) is 11.9 Å². The van der Waals surface area contributed by atoms with Gasteiger partial charge in [0.05, 0.1) is 11.7 Å². The average molecular weight is 246 g/mol. The van der Waals surface area contributed by atoms with Crippen molar-refractivity contribution in [2.45, 2.75) is 37.6 Å². The lowest BCUT2D eigenvalue weighted by atomic mass is 10.2. The van der Waals surface area contributed by atoms with Gasteiger partial charge in [-0.15, -0.1) is 0 Å². The van der Waals surface area contributed by atoms with Gasteiger partial charge >= 0.3 is 6.18 Å². The summed E-state index contributed by atoms with van der Waals surface area (Å²) >= 11 is 0. The number of alkyl halides is 3. The average Bonchev–Trinajstić information content (AvgIpc) is 2.64. The molecule has 0 amide bonds. The Morgan fingerprint density at radius 3 is 2.24 bits per heavy atom. The predicted octanol–water partition coefficient (Wildman–Crippen LogP) is 3.00. The summed E-state index contributed by atoms with van der Waals surface area (Å²) in [4.78, 5) is 0. The number of benzene rings is 1. The molecule has 1 N–H and O–H groups in total. The van der Waals surface area contributed by atoms with Crippen LogP contribution in [-0.2, 0) is 6.18 Å². The van der Waals surface area contributed by atoms with Crippen molar-refractivity contribution in [3.05, 3.63) is 29.8 Å². The third-order valence-electron chi connectivity index (χ3n) is 2.89. The molecule has 2 atom stereocenters. The Bertz CT molecular complexity index is 372. The zero-order valence-electron chi connectivity index (χ0n) is 9.07. The minimum absolute atomic E-state index is 0.299. The second-order valence-corrected chi connectivity index (χ2v) is 4.18. The lowest BCUT2D eigenvalue weighted by Crippen LogP contribution is -2.25. The molecular weight excluding hydrogens is 233 g/mol. The zero-order valence-corrected chi connectivity index (χ0v) is 9.07. The van der Waals surface area contributed by atoms with Crippen LogP contribution in [0.5, 0.6) is 5.75 Å². The summed E-state index contributed by atoms with van der Waals surface area (Å²) in [5.74, 6) is 0.365. The quantitative estimate of drug-likeness (QED) is 0.869.